The smallest absolute Gasteiger partial charge is 0.289 e. The van der Waals surface area contributed by atoms with Crippen LogP contribution in [0.1, 0.15) is 32.9 Å². The molecule has 138 valence electrons. The van der Waals surface area contributed by atoms with E-state index in [4.69, 9.17) is 0 Å². The second-order valence-corrected chi connectivity index (χ2v) is 6.99. The van der Waals surface area contributed by atoms with E-state index in [1.807, 2.05) is 49.4 Å². The minimum Gasteiger partial charge on any atom is -0.358 e. The SMILES string of the molecule is Cc1[nH]c2ccccc2c1C=NNC(=O)c1[nH]nc2c1CCc1ccccc1-2. The summed E-state index contributed by atoms with van der Waals surface area (Å²) in [5, 5.41) is 12.5. The summed E-state index contributed by atoms with van der Waals surface area (Å²) in [5.74, 6) is -0.276. The van der Waals surface area contributed by atoms with Gasteiger partial charge in [0.05, 0.1) is 11.9 Å². The van der Waals surface area contributed by atoms with Crippen LogP contribution < -0.4 is 5.43 Å². The molecule has 1 aliphatic carbocycles. The summed E-state index contributed by atoms with van der Waals surface area (Å²) in [7, 11) is 0. The molecule has 1 amide bonds. The maximum Gasteiger partial charge on any atom is 0.289 e. The zero-order valence-electron chi connectivity index (χ0n) is 15.4. The van der Waals surface area contributed by atoms with Gasteiger partial charge in [0.2, 0.25) is 0 Å². The molecule has 6 nitrogen and oxygen atoms in total. The Kier molecular flexibility index (Phi) is 3.83. The minimum absolute atomic E-state index is 0.276. The van der Waals surface area contributed by atoms with Gasteiger partial charge in [-0.25, -0.2) is 5.43 Å². The third-order valence-corrected chi connectivity index (χ3v) is 5.31. The fourth-order valence-corrected chi connectivity index (χ4v) is 3.92. The third kappa shape index (κ3) is 2.62. The maximum absolute atomic E-state index is 12.7. The molecule has 0 fully saturated rings. The van der Waals surface area contributed by atoms with E-state index < -0.39 is 0 Å². The number of aryl methyl sites for hydroxylation is 2. The van der Waals surface area contributed by atoms with Crippen molar-refractivity contribution in [2.75, 3.05) is 0 Å². The van der Waals surface area contributed by atoms with Gasteiger partial charge in [0, 0.05) is 33.3 Å². The standard InChI is InChI=1S/C22H19N5O/c1-13-18(16-8-4-5-9-19(16)24-13)12-23-27-22(28)21-17-11-10-14-6-2-3-7-15(14)20(17)25-26-21/h2-9,12,24H,10-11H2,1H3,(H,25,26)(H,27,28). The van der Waals surface area contributed by atoms with Crippen LogP contribution in [0.15, 0.2) is 53.6 Å². The predicted octanol–water partition coefficient (Wildman–Crippen LogP) is 3.73. The molecular formula is C22H19N5O. The van der Waals surface area contributed by atoms with Crippen molar-refractivity contribution in [2.24, 2.45) is 5.10 Å². The molecule has 2 heterocycles. The lowest BCUT2D eigenvalue weighted by molar-refractivity contribution is 0.0949. The average molecular weight is 369 g/mol. The fraction of sp³-hybridized carbons (Fsp3) is 0.136. The van der Waals surface area contributed by atoms with Gasteiger partial charge in [0.15, 0.2) is 0 Å². The second-order valence-electron chi connectivity index (χ2n) is 6.99. The van der Waals surface area contributed by atoms with Gasteiger partial charge in [-0.05, 0) is 31.4 Å². The van der Waals surface area contributed by atoms with E-state index in [9.17, 15) is 4.79 Å². The van der Waals surface area contributed by atoms with Crippen LogP contribution in [0.2, 0.25) is 0 Å². The van der Waals surface area contributed by atoms with Crippen molar-refractivity contribution in [2.45, 2.75) is 19.8 Å². The van der Waals surface area contributed by atoms with E-state index in [-0.39, 0.29) is 5.91 Å². The normalized spacial score (nSPS) is 12.9. The number of benzene rings is 2. The highest BCUT2D eigenvalue weighted by Gasteiger charge is 2.24. The summed E-state index contributed by atoms with van der Waals surface area (Å²) in [6, 6.07) is 16.2. The number of hydrogen-bond donors (Lipinski definition) is 3. The highest BCUT2D eigenvalue weighted by molar-refractivity contribution is 6.01. The van der Waals surface area contributed by atoms with Gasteiger partial charge in [-0.3, -0.25) is 9.89 Å². The molecule has 0 radical (unpaired) electrons. The van der Waals surface area contributed by atoms with Gasteiger partial charge in [-0.2, -0.15) is 10.2 Å². The monoisotopic (exact) mass is 369 g/mol. The number of H-pyrrole nitrogens is 2. The largest absolute Gasteiger partial charge is 0.358 e. The van der Waals surface area contributed by atoms with Crippen LogP contribution >= 0.6 is 0 Å². The van der Waals surface area contributed by atoms with Crippen LogP contribution in [0, 0.1) is 6.92 Å². The molecule has 4 aromatic rings. The van der Waals surface area contributed by atoms with E-state index >= 15 is 0 Å². The number of amides is 1. The number of aromatic nitrogens is 3. The molecule has 0 atom stereocenters. The summed E-state index contributed by atoms with van der Waals surface area (Å²) in [6.07, 6.45) is 3.38. The molecule has 0 unspecified atom stereocenters. The lowest BCUT2D eigenvalue weighted by Crippen LogP contribution is -2.20. The highest BCUT2D eigenvalue weighted by Crippen LogP contribution is 2.33. The van der Waals surface area contributed by atoms with Crippen LogP contribution in [-0.4, -0.2) is 27.3 Å². The van der Waals surface area contributed by atoms with Crippen LogP contribution in [0.5, 0.6) is 0 Å². The number of nitrogens with one attached hydrogen (secondary N) is 3. The van der Waals surface area contributed by atoms with Crippen molar-refractivity contribution in [1.82, 2.24) is 20.6 Å². The molecule has 0 aliphatic heterocycles. The summed E-state index contributed by atoms with van der Waals surface area (Å²) in [5.41, 5.74) is 10.3. The summed E-state index contributed by atoms with van der Waals surface area (Å²) < 4.78 is 0. The fourth-order valence-electron chi connectivity index (χ4n) is 3.92. The Bertz CT molecular complexity index is 1230. The van der Waals surface area contributed by atoms with E-state index in [0.717, 1.165) is 51.8 Å². The van der Waals surface area contributed by atoms with Gasteiger partial charge in [0.1, 0.15) is 5.69 Å². The Morgan fingerprint density at radius 3 is 2.89 bits per heavy atom. The molecule has 2 aromatic heterocycles. The first-order chi connectivity index (χ1) is 13.7. The number of fused-ring (bicyclic) bond motifs is 4. The average Bonchev–Trinajstić information content (AvgIpc) is 3.29. The number of nitrogens with zero attached hydrogens (tertiary/aromatic N) is 2. The van der Waals surface area contributed by atoms with Crippen molar-refractivity contribution in [3.63, 3.8) is 0 Å². The Hall–Kier alpha value is -3.67. The molecule has 0 saturated heterocycles. The molecule has 5 rings (SSSR count). The first-order valence-corrected chi connectivity index (χ1v) is 9.28. The van der Waals surface area contributed by atoms with Crippen molar-refractivity contribution in [1.29, 1.82) is 0 Å². The van der Waals surface area contributed by atoms with E-state index in [1.54, 1.807) is 6.21 Å². The number of carbonyl (C=O) groups is 1. The summed E-state index contributed by atoms with van der Waals surface area (Å²) >= 11 is 0. The second kappa shape index (κ2) is 6.49. The topological polar surface area (TPSA) is 85.9 Å². The quantitative estimate of drug-likeness (QED) is 0.380. The maximum atomic E-state index is 12.7. The van der Waals surface area contributed by atoms with Gasteiger partial charge < -0.3 is 4.98 Å². The molecule has 1 aliphatic rings. The zero-order chi connectivity index (χ0) is 19.1. The molecule has 6 heteroatoms. The van der Waals surface area contributed by atoms with Gasteiger partial charge in [-0.15, -0.1) is 0 Å². The minimum atomic E-state index is -0.276. The zero-order valence-corrected chi connectivity index (χ0v) is 15.4. The van der Waals surface area contributed by atoms with Gasteiger partial charge >= 0.3 is 0 Å². The van der Waals surface area contributed by atoms with E-state index in [1.165, 1.54) is 5.56 Å². The number of rotatable bonds is 3. The highest BCUT2D eigenvalue weighted by atomic mass is 16.2. The lowest BCUT2D eigenvalue weighted by Gasteiger charge is -2.15. The van der Waals surface area contributed by atoms with Crippen LogP contribution in [0.3, 0.4) is 0 Å². The Morgan fingerprint density at radius 1 is 1.14 bits per heavy atom. The first-order valence-electron chi connectivity index (χ1n) is 9.28. The molecule has 28 heavy (non-hydrogen) atoms. The molecule has 0 saturated carbocycles. The van der Waals surface area contributed by atoms with Crippen LogP contribution in [-0.2, 0) is 12.8 Å². The number of aromatic amines is 2. The van der Waals surface area contributed by atoms with Crippen molar-refractivity contribution in [3.8, 4) is 11.3 Å². The summed E-state index contributed by atoms with van der Waals surface area (Å²) in [4.78, 5) is 16.0. The Balaban J connectivity index is 1.39. The Labute approximate surface area is 161 Å². The van der Waals surface area contributed by atoms with Crippen molar-refractivity contribution >= 4 is 23.0 Å². The van der Waals surface area contributed by atoms with Crippen LogP contribution in [0.25, 0.3) is 22.2 Å². The number of hydrazone groups is 1. The molecule has 3 N–H and O–H groups in total. The van der Waals surface area contributed by atoms with Crippen molar-refractivity contribution in [3.05, 3.63) is 76.6 Å². The first kappa shape index (κ1) is 16.5. The molecular weight excluding hydrogens is 350 g/mol. The van der Waals surface area contributed by atoms with E-state index in [0.29, 0.717) is 5.69 Å². The molecule has 0 spiro atoms. The van der Waals surface area contributed by atoms with Gasteiger partial charge in [0.25, 0.3) is 5.91 Å². The number of hydrogen-bond acceptors (Lipinski definition) is 3. The molecule has 2 aromatic carbocycles. The van der Waals surface area contributed by atoms with Crippen LogP contribution in [0.4, 0.5) is 0 Å². The third-order valence-electron chi connectivity index (χ3n) is 5.31. The molecule has 0 bridgehead atoms. The lowest BCUT2D eigenvalue weighted by atomic mass is 9.89. The summed E-state index contributed by atoms with van der Waals surface area (Å²) in [6.45, 7) is 1.99. The number of para-hydroxylation sites is 1. The van der Waals surface area contributed by atoms with Crippen molar-refractivity contribution < 1.29 is 4.79 Å². The van der Waals surface area contributed by atoms with E-state index in [2.05, 4.69) is 31.8 Å². The van der Waals surface area contributed by atoms with Gasteiger partial charge in [-0.1, -0.05) is 42.5 Å². The Morgan fingerprint density at radius 2 is 1.96 bits per heavy atom. The number of carbonyl (C=O) groups excluding carboxylic acids is 1. The predicted molar refractivity (Wildman–Crippen MR) is 110 cm³/mol.